The number of halogens is 3. The van der Waals surface area contributed by atoms with Gasteiger partial charge in [0.05, 0.1) is 0 Å². The fourth-order valence-corrected chi connectivity index (χ4v) is 1.38. The molecule has 3 N–H and O–H groups in total. The van der Waals surface area contributed by atoms with Gasteiger partial charge in [-0.1, -0.05) is 0 Å². The van der Waals surface area contributed by atoms with Crippen LogP contribution in [0.3, 0.4) is 0 Å². The number of aliphatic carboxylic acids is 1. The summed E-state index contributed by atoms with van der Waals surface area (Å²) in [6, 6.07) is 0.535. The summed E-state index contributed by atoms with van der Waals surface area (Å²) in [7, 11) is 0. The van der Waals surface area contributed by atoms with Gasteiger partial charge in [0.2, 0.25) is 0 Å². The Kier molecular flexibility index (Phi) is 2.56. The molecule has 1 aliphatic rings. The molecule has 0 radical (unpaired) electrons. The molecule has 1 saturated carbocycles. The maximum absolute atomic E-state index is 12.2. The highest BCUT2D eigenvalue weighted by Crippen LogP contribution is 2.36. The molecule has 1 aliphatic carbocycles. The molecule has 1 aromatic heterocycles. The van der Waals surface area contributed by atoms with E-state index in [4.69, 9.17) is 5.11 Å². The van der Waals surface area contributed by atoms with Gasteiger partial charge in [-0.25, -0.2) is 4.79 Å². The van der Waals surface area contributed by atoms with Gasteiger partial charge in [0, 0.05) is 6.07 Å². The molecule has 0 aromatic carbocycles. The van der Waals surface area contributed by atoms with Crippen LogP contribution in [0.2, 0.25) is 0 Å². The van der Waals surface area contributed by atoms with Gasteiger partial charge in [-0.2, -0.15) is 18.3 Å². The number of nitrogens with one attached hydrogen (secondary N) is 2. The van der Waals surface area contributed by atoms with Crippen molar-refractivity contribution in [2.45, 2.75) is 24.6 Å². The molecule has 0 unspecified atom stereocenters. The molecule has 0 spiro atoms. The molecular formula is C9H8F3N3O3. The third kappa shape index (κ3) is 2.15. The van der Waals surface area contributed by atoms with Gasteiger partial charge in [-0.15, -0.1) is 0 Å². The number of aromatic nitrogens is 2. The summed E-state index contributed by atoms with van der Waals surface area (Å²) in [5.74, 6) is -2.15. The second kappa shape index (κ2) is 3.72. The Balaban J connectivity index is 2.11. The highest BCUT2D eigenvalue weighted by Gasteiger charge is 2.52. The van der Waals surface area contributed by atoms with Gasteiger partial charge in [0.1, 0.15) is 11.2 Å². The Morgan fingerprint density at radius 3 is 2.44 bits per heavy atom. The van der Waals surface area contributed by atoms with E-state index in [9.17, 15) is 22.8 Å². The van der Waals surface area contributed by atoms with Crippen LogP contribution in [0.1, 0.15) is 29.0 Å². The summed E-state index contributed by atoms with van der Waals surface area (Å²) in [4.78, 5) is 22.3. The Labute approximate surface area is 98.2 Å². The molecule has 0 atom stereocenters. The fourth-order valence-electron chi connectivity index (χ4n) is 1.38. The standard InChI is InChI=1S/C9H8F3N3O3/c10-9(11,12)5-3-4(14-15-5)6(16)13-8(1-2-8)7(17)18/h3H,1-2H2,(H,13,16)(H,14,15)(H,17,18). The molecule has 98 valence electrons. The summed E-state index contributed by atoms with van der Waals surface area (Å²) < 4.78 is 36.7. The van der Waals surface area contributed by atoms with Gasteiger partial charge in [0.25, 0.3) is 5.91 Å². The first-order valence-corrected chi connectivity index (χ1v) is 4.93. The minimum absolute atomic E-state index is 0.255. The average Bonchev–Trinajstić information content (AvgIpc) is 2.85. The third-order valence-electron chi connectivity index (χ3n) is 2.63. The number of alkyl halides is 3. The Morgan fingerprint density at radius 2 is 2.06 bits per heavy atom. The zero-order valence-corrected chi connectivity index (χ0v) is 8.84. The zero-order chi connectivity index (χ0) is 13.6. The number of aromatic amines is 1. The minimum atomic E-state index is -4.63. The first-order valence-electron chi connectivity index (χ1n) is 4.93. The van der Waals surface area contributed by atoms with E-state index in [1.165, 1.54) is 0 Å². The van der Waals surface area contributed by atoms with E-state index in [2.05, 4.69) is 10.4 Å². The number of nitrogens with zero attached hydrogens (tertiary/aromatic N) is 1. The molecule has 6 nitrogen and oxygen atoms in total. The van der Waals surface area contributed by atoms with Gasteiger partial charge in [-0.05, 0) is 12.8 Å². The van der Waals surface area contributed by atoms with Gasteiger partial charge in [-0.3, -0.25) is 9.89 Å². The number of rotatable bonds is 3. The van der Waals surface area contributed by atoms with Crippen molar-refractivity contribution in [3.63, 3.8) is 0 Å². The van der Waals surface area contributed by atoms with Crippen molar-refractivity contribution in [3.05, 3.63) is 17.5 Å². The molecule has 18 heavy (non-hydrogen) atoms. The van der Waals surface area contributed by atoms with Crippen LogP contribution in [0.4, 0.5) is 13.2 Å². The smallest absolute Gasteiger partial charge is 0.432 e. The van der Waals surface area contributed by atoms with E-state index in [-0.39, 0.29) is 12.8 Å². The number of carbonyl (C=O) groups excluding carboxylic acids is 1. The van der Waals surface area contributed by atoms with Crippen LogP contribution < -0.4 is 5.32 Å². The molecule has 1 amide bonds. The van der Waals surface area contributed by atoms with Crippen molar-refractivity contribution in [2.24, 2.45) is 0 Å². The molecule has 0 aliphatic heterocycles. The number of carboxylic acids is 1. The number of amides is 1. The van der Waals surface area contributed by atoms with E-state index < -0.39 is 35.0 Å². The molecule has 2 rings (SSSR count). The third-order valence-corrected chi connectivity index (χ3v) is 2.63. The summed E-state index contributed by atoms with van der Waals surface area (Å²) in [5, 5.41) is 15.9. The fraction of sp³-hybridized carbons (Fsp3) is 0.444. The quantitative estimate of drug-likeness (QED) is 0.750. The van der Waals surface area contributed by atoms with E-state index in [1.807, 2.05) is 0 Å². The maximum atomic E-state index is 12.2. The van der Waals surface area contributed by atoms with Crippen LogP contribution in [0.5, 0.6) is 0 Å². The average molecular weight is 263 g/mol. The van der Waals surface area contributed by atoms with Crippen molar-refractivity contribution < 1.29 is 27.9 Å². The van der Waals surface area contributed by atoms with E-state index in [0.29, 0.717) is 6.07 Å². The number of hydrogen-bond acceptors (Lipinski definition) is 3. The summed E-state index contributed by atoms with van der Waals surface area (Å²) in [6.45, 7) is 0. The topological polar surface area (TPSA) is 95.1 Å². The van der Waals surface area contributed by atoms with Crippen molar-refractivity contribution in [3.8, 4) is 0 Å². The van der Waals surface area contributed by atoms with E-state index >= 15 is 0 Å². The van der Waals surface area contributed by atoms with Crippen LogP contribution in [0, 0.1) is 0 Å². The Morgan fingerprint density at radius 1 is 1.44 bits per heavy atom. The number of H-pyrrole nitrogens is 1. The zero-order valence-electron chi connectivity index (χ0n) is 8.84. The van der Waals surface area contributed by atoms with Crippen LogP contribution in [0.25, 0.3) is 0 Å². The monoisotopic (exact) mass is 263 g/mol. The number of hydrogen-bond donors (Lipinski definition) is 3. The normalized spacial score (nSPS) is 17.3. The highest BCUT2D eigenvalue weighted by molar-refractivity contribution is 5.97. The SMILES string of the molecule is O=C(NC1(C(=O)O)CC1)c1cc(C(F)(F)F)[nH]n1. The van der Waals surface area contributed by atoms with Crippen molar-refractivity contribution in [1.82, 2.24) is 15.5 Å². The van der Waals surface area contributed by atoms with Crippen LogP contribution >= 0.6 is 0 Å². The predicted octanol–water partition coefficient (Wildman–Crippen LogP) is 0.775. The largest absolute Gasteiger partial charge is 0.480 e. The molecule has 1 fully saturated rings. The minimum Gasteiger partial charge on any atom is -0.480 e. The summed E-state index contributed by atoms with van der Waals surface area (Å²) in [6.07, 6.45) is -4.12. The lowest BCUT2D eigenvalue weighted by molar-refractivity contribution is -0.141. The first kappa shape index (κ1) is 12.4. The van der Waals surface area contributed by atoms with Gasteiger partial charge < -0.3 is 10.4 Å². The summed E-state index contributed by atoms with van der Waals surface area (Å²) in [5.41, 5.74) is -3.00. The lowest BCUT2D eigenvalue weighted by Crippen LogP contribution is -2.43. The molecular weight excluding hydrogens is 255 g/mol. The van der Waals surface area contributed by atoms with Crippen LogP contribution in [-0.4, -0.2) is 32.7 Å². The van der Waals surface area contributed by atoms with E-state index in [1.54, 1.807) is 5.10 Å². The lowest BCUT2D eigenvalue weighted by atomic mass is 10.2. The predicted molar refractivity (Wildman–Crippen MR) is 50.7 cm³/mol. The molecule has 0 bridgehead atoms. The molecule has 1 heterocycles. The van der Waals surface area contributed by atoms with Gasteiger partial charge in [0.15, 0.2) is 5.69 Å². The lowest BCUT2D eigenvalue weighted by Gasteiger charge is -2.10. The number of carboxylic acid groups (broad SMARTS) is 1. The maximum Gasteiger partial charge on any atom is 0.432 e. The Hall–Kier alpha value is -2.06. The number of carbonyl (C=O) groups is 2. The molecule has 1 aromatic rings. The van der Waals surface area contributed by atoms with Crippen LogP contribution in [-0.2, 0) is 11.0 Å². The van der Waals surface area contributed by atoms with Crippen LogP contribution in [0.15, 0.2) is 6.07 Å². The highest BCUT2D eigenvalue weighted by atomic mass is 19.4. The van der Waals surface area contributed by atoms with E-state index in [0.717, 1.165) is 0 Å². The molecule has 9 heteroatoms. The second-order valence-electron chi connectivity index (χ2n) is 4.01. The van der Waals surface area contributed by atoms with Crippen molar-refractivity contribution in [1.29, 1.82) is 0 Å². The Bertz CT molecular complexity index is 505. The molecule has 0 saturated heterocycles. The van der Waals surface area contributed by atoms with Gasteiger partial charge >= 0.3 is 12.1 Å². The summed E-state index contributed by atoms with van der Waals surface area (Å²) >= 11 is 0. The van der Waals surface area contributed by atoms with Crippen molar-refractivity contribution in [2.75, 3.05) is 0 Å². The van der Waals surface area contributed by atoms with Crippen molar-refractivity contribution >= 4 is 11.9 Å². The first-order chi connectivity index (χ1) is 8.24. The second-order valence-corrected chi connectivity index (χ2v) is 4.01.